The van der Waals surface area contributed by atoms with Crippen LogP contribution in [-0.4, -0.2) is 62.8 Å². The van der Waals surface area contributed by atoms with Gasteiger partial charge in [-0.2, -0.15) is 0 Å². The maximum absolute atomic E-state index is 12.7. The zero-order valence-electron chi connectivity index (χ0n) is 17.4. The molecule has 1 saturated heterocycles. The van der Waals surface area contributed by atoms with Crippen LogP contribution in [0.1, 0.15) is 55.3 Å². The van der Waals surface area contributed by atoms with Gasteiger partial charge in [0, 0.05) is 25.7 Å². The van der Waals surface area contributed by atoms with Gasteiger partial charge in [-0.05, 0) is 43.9 Å². The predicted molar refractivity (Wildman–Crippen MR) is 109 cm³/mol. The van der Waals surface area contributed by atoms with Crippen molar-refractivity contribution in [3.8, 4) is 11.5 Å². The fourth-order valence-corrected chi connectivity index (χ4v) is 4.20. The number of amides is 1. The third-order valence-electron chi connectivity index (χ3n) is 5.89. The molecule has 160 valence electrons. The van der Waals surface area contributed by atoms with Gasteiger partial charge in [0.15, 0.2) is 0 Å². The van der Waals surface area contributed by atoms with Gasteiger partial charge >= 0.3 is 5.97 Å². The van der Waals surface area contributed by atoms with Crippen molar-refractivity contribution in [2.24, 2.45) is 0 Å². The van der Waals surface area contributed by atoms with E-state index in [1.807, 2.05) is 0 Å². The summed E-state index contributed by atoms with van der Waals surface area (Å²) in [7, 11) is 2.89. The standard InChI is InChI=1S/C22H32N2O5/c1-27-18-7-8-20(19(15-18)22(26)23-12-9-21(25)28-2)29-17-10-13-24(14-11-17)16-5-3-4-6-16/h7-8,15-17H,3-6,9-14H2,1-2H3,(H,23,26). The molecule has 2 aliphatic rings. The van der Waals surface area contributed by atoms with E-state index in [0.29, 0.717) is 17.1 Å². The van der Waals surface area contributed by atoms with E-state index in [-0.39, 0.29) is 30.9 Å². The van der Waals surface area contributed by atoms with Crippen LogP contribution in [0.15, 0.2) is 18.2 Å². The average Bonchev–Trinajstić information content (AvgIpc) is 3.29. The monoisotopic (exact) mass is 404 g/mol. The molecule has 0 radical (unpaired) electrons. The van der Waals surface area contributed by atoms with Crippen molar-refractivity contribution in [1.82, 2.24) is 10.2 Å². The van der Waals surface area contributed by atoms with Gasteiger partial charge in [-0.15, -0.1) is 0 Å². The number of hydrogen-bond acceptors (Lipinski definition) is 6. The predicted octanol–water partition coefficient (Wildman–Crippen LogP) is 2.77. The van der Waals surface area contributed by atoms with Gasteiger partial charge in [0.1, 0.15) is 17.6 Å². The van der Waals surface area contributed by atoms with Gasteiger partial charge in [-0.25, -0.2) is 0 Å². The lowest BCUT2D eigenvalue weighted by Gasteiger charge is -2.36. The highest BCUT2D eigenvalue weighted by Gasteiger charge is 2.28. The van der Waals surface area contributed by atoms with E-state index in [1.54, 1.807) is 25.3 Å². The van der Waals surface area contributed by atoms with Gasteiger partial charge in [-0.1, -0.05) is 12.8 Å². The van der Waals surface area contributed by atoms with Gasteiger partial charge in [0.05, 0.1) is 26.2 Å². The molecule has 29 heavy (non-hydrogen) atoms. The summed E-state index contributed by atoms with van der Waals surface area (Å²) in [6.07, 6.45) is 7.49. The van der Waals surface area contributed by atoms with Gasteiger partial charge in [0.2, 0.25) is 0 Å². The Labute approximate surface area is 172 Å². The summed E-state index contributed by atoms with van der Waals surface area (Å²) in [5.74, 6) is 0.500. The molecule has 0 unspecified atom stereocenters. The second-order valence-electron chi connectivity index (χ2n) is 7.74. The topological polar surface area (TPSA) is 77.1 Å². The summed E-state index contributed by atoms with van der Waals surface area (Å²) in [6, 6.07) is 6.01. The van der Waals surface area contributed by atoms with Crippen LogP contribution in [0, 0.1) is 0 Å². The number of likely N-dealkylation sites (tertiary alicyclic amines) is 1. The van der Waals surface area contributed by atoms with Crippen LogP contribution in [-0.2, 0) is 9.53 Å². The van der Waals surface area contributed by atoms with Crippen molar-refractivity contribution in [2.75, 3.05) is 33.9 Å². The molecule has 1 aromatic carbocycles. The van der Waals surface area contributed by atoms with E-state index >= 15 is 0 Å². The smallest absolute Gasteiger partial charge is 0.307 e. The van der Waals surface area contributed by atoms with Crippen LogP contribution >= 0.6 is 0 Å². The Kier molecular flexibility index (Phi) is 7.75. The summed E-state index contributed by atoms with van der Waals surface area (Å²) >= 11 is 0. The summed E-state index contributed by atoms with van der Waals surface area (Å²) in [5, 5.41) is 2.75. The molecule has 0 bridgehead atoms. The minimum absolute atomic E-state index is 0.0997. The molecule has 7 heteroatoms. The molecule has 1 amide bonds. The first-order chi connectivity index (χ1) is 14.1. The Bertz CT molecular complexity index is 694. The normalized spacial score (nSPS) is 18.4. The van der Waals surface area contributed by atoms with Crippen LogP contribution < -0.4 is 14.8 Å². The van der Waals surface area contributed by atoms with E-state index in [1.165, 1.54) is 32.8 Å². The number of carbonyl (C=O) groups excluding carboxylic acids is 2. The van der Waals surface area contributed by atoms with Crippen molar-refractivity contribution in [2.45, 2.75) is 57.1 Å². The lowest BCUT2D eigenvalue weighted by atomic mass is 10.0. The number of hydrogen-bond donors (Lipinski definition) is 1. The van der Waals surface area contributed by atoms with Crippen molar-refractivity contribution in [1.29, 1.82) is 0 Å². The summed E-state index contributed by atoms with van der Waals surface area (Å²) in [4.78, 5) is 26.5. The van der Waals surface area contributed by atoms with E-state index in [2.05, 4.69) is 15.0 Å². The number of esters is 1. The van der Waals surface area contributed by atoms with Crippen LogP contribution in [0.2, 0.25) is 0 Å². The maximum Gasteiger partial charge on any atom is 0.307 e. The Hall–Kier alpha value is -2.28. The Balaban J connectivity index is 1.59. The maximum atomic E-state index is 12.7. The third-order valence-corrected chi connectivity index (χ3v) is 5.89. The van der Waals surface area contributed by atoms with Crippen LogP contribution in [0.3, 0.4) is 0 Å². The zero-order chi connectivity index (χ0) is 20.6. The molecule has 1 saturated carbocycles. The van der Waals surface area contributed by atoms with E-state index in [0.717, 1.165) is 32.0 Å². The molecule has 0 spiro atoms. The fourth-order valence-electron chi connectivity index (χ4n) is 4.20. The van der Waals surface area contributed by atoms with Gasteiger partial charge < -0.3 is 24.4 Å². The lowest BCUT2D eigenvalue weighted by Crippen LogP contribution is -2.43. The molecular weight excluding hydrogens is 372 g/mol. The lowest BCUT2D eigenvalue weighted by molar-refractivity contribution is -0.140. The van der Waals surface area contributed by atoms with Crippen LogP contribution in [0.5, 0.6) is 11.5 Å². The molecular formula is C22H32N2O5. The quantitative estimate of drug-likeness (QED) is 0.672. The minimum Gasteiger partial charge on any atom is -0.497 e. The molecule has 1 aliphatic carbocycles. The largest absolute Gasteiger partial charge is 0.497 e. The number of carbonyl (C=O) groups is 2. The highest BCUT2D eigenvalue weighted by molar-refractivity contribution is 5.97. The van der Waals surface area contributed by atoms with Crippen molar-refractivity contribution < 1.29 is 23.8 Å². The average molecular weight is 405 g/mol. The minimum atomic E-state index is -0.360. The van der Waals surface area contributed by atoms with E-state index in [9.17, 15) is 9.59 Å². The molecule has 2 fully saturated rings. The number of rotatable bonds is 8. The van der Waals surface area contributed by atoms with Crippen LogP contribution in [0.4, 0.5) is 0 Å². The zero-order valence-corrected chi connectivity index (χ0v) is 17.4. The molecule has 1 aromatic rings. The van der Waals surface area contributed by atoms with Gasteiger partial charge in [0.25, 0.3) is 5.91 Å². The number of nitrogens with one attached hydrogen (secondary N) is 1. The SMILES string of the molecule is COC(=O)CCNC(=O)c1cc(OC)ccc1OC1CCN(C2CCCC2)CC1. The van der Waals surface area contributed by atoms with Crippen molar-refractivity contribution in [3.05, 3.63) is 23.8 Å². The van der Waals surface area contributed by atoms with Crippen molar-refractivity contribution in [3.63, 3.8) is 0 Å². The first-order valence-electron chi connectivity index (χ1n) is 10.5. The summed E-state index contributed by atoms with van der Waals surface area (Å²) in [6.45, 7) is 2.31. The number of ether oxygens (including phenoxy) is 3. The molecule has 3 rings (SSSR count). The second kappa shape index (κ2) is 10.5. The van der Waals surface area contributed by atoms with E-state index in [4.69, 9.17) is 9.47 Å². The summed E-state index contributed by atoms with van der Waals surface area (Å²) < 4.78 is 16.1. The molecule has 1 N–H and O–H groups in total. The first kappa shape index (κ1) is 21.4. The summed E-state index contributed by atoms with van der Waals surface area (Å²) in [5.41, 5.74) is 0.424. The number of methoxy groups -OCH3 is 2. The molecule has 0 aromatic heterocycles. The fraction of sp³-hybridized carbons (Fsp3) is 0.636. The Morgan fingerprint density at radius 2 is 1.83 bits per heavy atom. The second-order valence-corrected chi connectivity index (χ2v) is 7.74. The molecule has 1 aliphatic heterocycles. The van der Waals surface area contributed by atoms with E-state index < -0.39 is 0 Å². The Morgan fingerprint density at radius 1 is 1.10 bits per heavy atom. The Morgan fingerprint density at radius 3 is 2.48 bits per heavy atom. The highest BCUT2D eigenvalue weighted by atomic mass is 16.5. The highest BCUT2D eigenvalue weighted by Crippen LogP contribution is 2.30. The first-order valence-corrected chi connectivity index (χ1v) is 10.5. The number of nitrogens with zero attached hydrogens (tertiary/aromatic N) is 1. The molecule has 7 nitrogen and oxygen atoms in total. The molecule has 0 atom stereocenters. The number of benzene rings is 1. The van der Waals surface area contributed by atoms with Crippen LogP contribution in [0.25, 0.3) is 0 Å². The third kappa shape index (κ3) is 5.85. The number of piperidine rings is 1. The molecule has 1 heterocycles. The van der Waals surface area contributed by atoms with Crippen molar-refractivity contribution >= 4 is 11.9 Å². The van der Waals surface area contributed by atoms with Gasteiger partial charge in [-0.3, -0.25) is 9.59 Å².